The van der Waals surface area contributed by atoms with Crippen LogP contribution in [0.1, 0.15) is 49.8 Å². The molecule has 0 radical (unpaired) electrons. The van der Waals surface area contributed by atoms with Gasteiger partial charge in [-0.25, -0.2) is 0 Å². The molecule has 0 aromatic heterocycles. The Labute approximate surface area is 119 Å². The predicted molar refractivity (Wildman–Crippen MR) is 82.9 cm³/mol. The maximum atomic E-state index is 5.97. The molecule has 0 aliphatic carbocycles. The van der Waals surface area contributed by atoms with Crippen molar-refractivity contribution in [2.45, 2.75) is 45.6 Å². The molecule has 0 bridgehead atoms. The van der Waals surface area contributed by atoms with Crippen molar-refractivity contribution >= 4 is 22.6 Å². The summed E-state index contributed by atoms with van der Waals surface area (Å²) in [5.74, 6) is 0. The van der Waals surface area contributed by atoms with Crippen LogP contribution in [-0.2, 0) is 4.74 Å². The molecule has 0 heterocycles. The molecular weight excluding hydrogens is 323 g/mol. The Morgan fingerprint density at radius 1 is 1.24 bits per heavy atom. The van der Waals surface area contributed by atoms with E-state index in [1.165, 1.54) is 36.8 Å². The highest BCUT2D eigenvalue weighted by molar-refractivity contribution is 14.1. The third-order valence-corrected chi connectivity index (χ3v) is 3.67. The second-order valence-electron chi connectivity index (χ2n) is 4.49. The van der Waals surface area contributed by atoms with E-state index in [0.29, 0.717) is 0 Å². The van der Waals surface area contributed by atoms with Gasteiger partial charge in [0.15, 0.2) is 0 Å². The van der Waals surface area contributed by atoms with E-state index < -0.39 is 0 Å². The maximum absolute atomic E-state index is 5.97. The van der Waals surface area contributed by atoms with Gasteiger partial charge in [-0.05, 0) is 18.9 Å². The number of halogens is 1. The second-order valence-corrected chi connectivity index (χ2v) is 5.37. The lowest BCUT2D eigenvalue weighted by molar-refractivity contribution is 0.0679. The highest BCUT2D eigenvalue weighted by atomic mass is 127. The molecule has 1 atom stereocenters. The summed E-state index contributed by atoms with van der Waals surface area (Å²) >= 11 is 2.41. The van der Waals surface area contributed by atoms with Crippen molar-refractivity contribution in [2.24, 2.45) is 0 Å². The van der Waals surface area contributed by atoms with Gasteiger partial charge in [-0.15, -0.1) is 0 Å². The van der Waals surface area contributed by atoms with E-state index in [9.17, 15) is 0 Å². The third kappa shape index (κ3) is 5.87. The van der Waals surface area contributed by atoms with Gasteiger partial charge in [0.1, 0.15) is 0 Å². The number of hydrogen-bond donors (Lipinski definition) is 0. The Morgan fingerprint density at radius 3 is 2.71 bits per heavy atom. The van der Waals surface area contributed by atoms with Gasteiger partial charge >= 0.3 is 0 Å². The molecule has 1 unspecified atom stereocenters. The minimum absolute atomic E-state index is 0.261. The Hall–Kier alpha value is -0.0900. The standard InChI is InChI=1S/C15H23IO/c1-3-4-5-6-10-17-15(12-16)14-9-7-8-13(2)11-14/h7-9,11,15H,3-6,10,12H2,1-2H3. The highest BCUT2D eigenvalue weighted by Crippen LogP contribution is 2.21. The molecule has 0 saturated heterocycles. The van der Waals surface area contributed by atoms with Crippen LogP contribution in [-0.4, -0.2) is 11.0 Å². The van der Waals surface area contributed by atoms with Crippen molar-refractivity contribution in [1.82, 2.24) is 0 Å². The molecule has 0 amide bonds. The average Bonchev–Trinajstić information content (AvgIpc) is 2.34. The minimum atomic E-state index is 0.261. The predicted octanol–water partition coefficient (Wildman–Crippen LogP) is 5.07. The minimum Gasteiger partial charge on any atom is -0.373 e. The van der Waals surface area contributed by atoms with Gasteiger partial charge in [0.05, 0.1) is 6.10 Å². The van der Waals surface area contributed by atoms with Crippen LogP contribution in [0, 0.1) is 6.92 Å². The summed E-state index contributed by atoms with van der Waals surface area (Å²) in [5.41, 5.74) is 2.63. The van der Waals surface area contributed by atoms with Crippen molar-refractivity contribution < 1.29 is 4.74 Å². The number of alkyl halides is 1. The molecule has 1 aromatic carbocycles. The maximum Gasteiger partial charge on any atom is 0.0914 e. The van der Waals surface area contributed by atoms with E-state index in [1.54, 1.807) is 0 Å². The SMILES string of the molecule is CCCCCCOC(CI)c1cccc(C)c1. The van der Waals surface area contributed by atoms with Crippen molar-refractivity contribution in [3.63, 3.8) is 0 Å². The van der Waals surface area contributed by atoms with Crippen molar-refractivity contribution in [1.29, 1.82) is 0 Å². The van der Waals surface area contributed by atoms with Crippen LogP contribution >= 0.6 is 22.6 Å². The van der Waals surface area contributed by atoms with Crippen LogP contribution in [0.3, 0.4) is 0 Å². The van der Waals surface area contributed by atoms with Crippen LogP contribution in [0.25, 0.3) is 0 Å². The molecule has 17 heavy (non-hydrogen) atoms. The lowest BCUT2D eigenvalue weighted by Crippen LogP contribution is -2.07. The number of benzene rings is 1. The van der Waals surface area contributed by atoms with Gasteiger partial charge in [-0.3, -0.25) is 0 Å². The molecule has 2 heteroatoms. The normalized spacial score (nSPS) is 12.6. The van der Waals surface area contributed by atoms with Crippen LogP contribution in [0.15, 0.2) is 24.3 Å². The van der Waals surface area contributed by atoms with Gasteiger partial charge in [0.25, 0.3) is 0 Å². The number of hydrogen-bond acceptors (Lipinski definition) is 1. The second kappa shape index (κ2) is 8.92. The first-order chi connectivity index (χ1) is 8.27. The third-order valence-electron chi connectivity index (χ3n) is 2.87. The molecule has 0 saturated carbocycles. The first kappa shape index (κ1) is 15.0. The van der Waals surface area contributed by atoms with E-state index in [4.69, 9.17) is 4.74 Å². The largest absolute Gasteiger partial charge is 0.373 e. The first-order valence-corrected chi connectivity index (χ1v) is 8.04. The number of aryl methyl sites for hydroxylation is 1. The summed E-state index contributed by atoms with van der Waals surface area (Å²) in [6, 6.07) is 8.65. The van der Waals surface area contributed by atoms with Gasteiger partial charge in [-0.2, -0.15) is 0 Å². The van der Waals surface area contributed by atoms with Gasteiger partial charge in [0.2, 0.25) is 0 Å². The summed E-state index contributed by atoms with van der Waals surface area (Å²) in [5, 5.41) is 0. The van der Waals surface area contributed by atoms with Crippen molar-refractivity contribution in [2.75, 3.05) is 11.0 Å². The molecule has 0 spiro atoms. The zero-order valence-corrected chi connectivity index (χ0v) is 13.1. The van der Waals surface area contributed by atoms with Crippen LogP contribution < -0.4 is 0 Å². The Kier molecular flexibility index (Phi) is 7.86. The molecule has 0 N–H and O–H groups in total. The number of unbranched alkanes of at least 4 members (excludes halogenated alkanes) is 3. The molecule has 96 valence electrons. The lowest BCUT2D eigenvalue weighted by atomic mass is 10.1. The van der Waals surface area contributed by atoms with E-state index in [2.05, 4.69) is 60.7 Å². The number of rotatable bonds is 8. The molecule has 0 fully saturated rings. The summed E-state index contributed by atoms with van der Waals surface area (Å²) in [6.07, 6.45) is 5.35. The highest BCUT2D eigenvalue weighted by Gasteiger charge is 2.09. The van der Waals surface area contributed by atoms with E-state index in [-0.39, 0.29) is 6.10 Å². The van der Waals surface area contributed by atoms with Gasteiger partial charge in [0, 0.05) is 11.0 Å². The average molecular weight is 346 g/mol. The Bertz CT molecular complexity index is 312. The van der Waals surface area contributed by atoms with Gasteiger partial charge in [-0.1, -0.05) is 78.6 Å². The molecule has 0 aliphatic heterocycles. The summed E-state index contributed by atoms with van der Waals surface area (Å²) in [4.78, 5) is 0. The Morgan fingerprint density at radius 2 is 2.06 bits per heavy atom. The molecule has 1 rings (SSSR count). The number of ether oxygens (including phenoxy) is 1. The molecule has 1 nitrogen and oxygen atoms in total. The smallest absolute Gasteiger partial charge is 0.0914 e. The summed E-state index contributed by atoms with van der Waals surface area (Å²) in [6.45, 7) is 5.26. The van der Waals surface area contributed by atoms with E-state index >= 15 is 0 Å². The van der Waals surface area contributed by atoms with Crippen molar-refractivity contribution in [3.8, 4) is 0 Å². The molecule has 1 aromatic rings. The topological polar surface area (TPSA) is 9.23 Å². The first-order valence-electron chi connectivity index (χ1n) is 6.52. The fraction of sp³-hybridized carbons (Fsp3) is 0.600. The summed E-state index contributed by atoms with van der Waals surface area (Å²) < 4.78 is 6.99. The van der Waals surface area contributed by atoms with Gasteiger partial charge < -0.3 is 4.74 Å². The van der Waals surface area contributed by atoms with E-state index in [0.717, 1.165) is 11.0 Å². The molecular formula is C15H23IO. The van der Waals surface area contributed by atoms with Crippen LogP contribution in [0.2, 0.25) is 0 Å². The van der Waals surface area contributed by atoms with Crippen LogP contribution in [0.5, 0.6) is 0 Å². The molecule has 0 aliphatic rings. The zero-order valence-electron chi connectivity index (χ0n) is 10.9. The van der Waals surface area contributed by atoms with E-state index in [1.807, 2.05) is 0 Å². The fourth-order valence-electron chi connectivity index (χ4n) is 1.85. The fourth-order valence-corrected chi connectivity index (χ4v) is 2.62. The zero-order chi connectivity index (χ0) is 12.5. The summed E-state index contributed by atoms with van der Waals surface area (Å²) in [7, 11) is 0. The van der Waals surface area contributed by atoms with Crippen molar-refractivity contribution in [3.05, 3.63) is 35.4 Å². The monoisotopic (exact) mass is 346 g/mol. The Balaban J connectivity index is 2.38. The lowest BCUT2D eigenvalue weighted by Gasteiger charge is -2.16. The van der Waals surface area contributed by atoms with Crippen LogP contribution in [0.4, 0.5) is 0 Å². The quantitative estimate of drug-likeness (QED) is 0.363.